The van der Waals surface area contributed by atoms with E-state index in [4.69, 9.17) is 0 Å². The molecule has 0 unspecified atom stereocenters. The Bertz CT molecular complexity index is 993. The molecule has 0 saturated carbocycles. The van der Waals surface area contributed by atoms with Crippen LogP contribution in [0.1, 0.15) is 29.5 Å². The number of pyridine rings is 1. The lowest BCUT2D eigenvalue weighted by molar-refractivity contribution is -0.121. The molecule has 1 heterocycles. The van der Waals surface area contributed by atoms with E-state index in [9.17, 15) is 14.0 Å². The molecule has 1 amide bonds. The molecule has 2 N–H and O–H groups in total. The molecular weight excluding hydrogens is 343 g/mol. The molecule has 0 bridgehead atoms. The van der Waals surface area contributed by atoms with Gasteiger partial charge in [0.05, 0.1) is 0 Å². The Balaban J connectivity index is 1.46. The summed E-state index contributed by atoms with van der Waals surface area (Å²) in [6.45, 7) is 2.41. The first kappa shape index (κ1) is 18.8. The lowest BCUT2D eigenvalue weighted by atomic mass is 10.1. The SMILES string of the molecule is Cc1ccc2cc(CCNC(=O)CCCc3ccc(F)cc3)c(=O)[nH]c2c1. The summed E-state index contributed by atoms with van der Waals surface area (Å²) in [7, 11) is 0. The molecule has 27 heavy (non-hydrogen) atoms. The van der Waals surface area contributed by atoms with E-state index in [1.807, 2.05) is 31.2 Å². The number of nitrogens with one attached hydrogen (secondary N) is 2. The van der Waals surface area contributed by atoms with Crippen molar-refractivity contribution >= 4 is 16.8 Å². The van der Waals surface area contributed by atoms with Crippen LogP contribution >= 0.6 is 0 Å². The second-order valence-corrected chi connectivity index (χ2v) is 6.79. The Morgan fingerprint density at radius 3 is 2.63 bits per heavy atom. The fraction of sp³-hybridized carbons (Fsp3) is 0.273. The molecule has 0 aliphatic carbocycles. The van der Waals surface area contributed by atoms with Crippen molar-refractivity contribution in [1.29, 1.82) is 0 Å². The highest BCUT2D eigenvalue weighted by Crippen LogP contribution is 2.13. The molecule has 3 aromatic rings. The molecule has 2 aromatic carbocycles. The third kappa shape index (κ3) is 5.26. The number of halogens is 1. The molecule has 3 rings (SSSR count). The molecule has 0 aliphatic rings. The number of hydrogen-bond donors (Lipinski definition) is 2. The Morgan fingerprint density at radius 2 is 1.85 bits per heavy atom. The molecule has 0 saturated heterocycles. The maximum Gasteiger partial charge on any atom is 0.251 e. The smallest absolute Gasteiger partial charge is 0.251 e. The van der Waals surface area contributed by atoms with E-state index >= 15 is 0 Å². The van der Waals surface area contributed by atoms with Crippen LogP contribution in [0.15, 0.2) is 53.3 Å². The Labute approximate surface area is 157 Å². The molecule has 0 fully saturated rings. The van der Waals surface area contributed by atoms with E-state index in [1.54, 1.807) is 12.1 Å². The van der Waals surface area contributed by atoms with Gasteiger partial charge in [-0.3, -0.25) is 9.59 Å². The molecule has 1 aromatic heterocycles. The van der Waals surface area contributed by atoms with Crippen molar-refractivity contribution in [3.63, 3.8) is 0 Å². The van der Waals surface area contributed by atoms with Gasteiger partial charge < -0.3 is 10.3 Å². The number of benzene rings is 2. The fourth-order valence-electron chi connectivity index (χ4n) is 3.07. The van der Waals surface area contributed by atoms with Crippen molar-refractivity contribution in [2.24, 2.45) is 0 Å². The minimum Gasteiger partial charge on any atom is -0.356 e. The average molecular weight is 366 g/mol. The first-order valence-corrected chi connectivity index (χ1v) is 9.15. The van der Waals surface area contributed by atoms with Crippen molar-refractivity contribution in [2.45, 2.75) is 32.6 Å². The van der Waals surface area contributed by atoms with Crippen LogP contribution in [0.4, 0.5) is 4.39 Å². The standard InChI is InChI=1S/C22H23FN2O2/c1-15-5-8-17-14-18(22(27)25-20(17)13-15)11-12-24-21(26)4-2-3-16-6-9-19(23)10-7-16/h5-10,13-14H,2-4,11-12H2,1H3,(H,24,26)(H,25,27). The largest absolute Gasteiger partial charge is 0.356 e. The highest BCUT2D eigenvalue weighted by Gasteiger charge is 2.06. The number of amides is 1. The first-order valence-electron chi connectivity index (χ1n) is 9.15. The van der Waals surface area contributed by atoms with Crippen LogP contribution < -0.4 is 10.9 Å². The Morgan fingerprint density at radius 1 is 1.07 bits per heavy atom. The number of rotatable bonds is 7. The van der Waals surface area contributed by atoms with E-state index in [0.29, 0.717) is 31.4 Å². The minimum atomic E-state index is -0.254. The molecule has 0 spiro atoms. The van der Waals surface area contributed by atoms with Gasteiger partial charge >= 0.3 is 0 Å². The molecule has 0 atom stereocenters. The summed E-state index contributed by atoms with van der Waals surface area (Å²) in [5.41, 5.74) is 3.49. The van der Waals surface area contributed by atoms with Gasteiger partial charge in [0.1, 0.15) is 5.82 Å². The zero-order chi connectivity index (χ0) is 19.2. The van der Waals surface area contributed by atoms with Crippen LogP contribution in [0.25, 0.3) is 10.9 Å². The van der Waals surface area contributed by atoms with E-state index in [1.165, 1.54) is 12.1 Å². The van der Waals surface area contributed by atoms with Gasteiger partial charge in [-0.1, -0.05) is 24.3 Å². The third-order valence-corrected chi connectivity index (χ3v) is 4.58. The van der Waals surface area contributed by atoms with Crippen LogP contribution in [0.3, 0.4) is 0 Å². The Kier molecular flexibility index (Phi) is 6.01. The van der Waals surface area contributed by atoms with Gasteiger partial charge in [-0.25, -0.2) is 4.39 Å². The average Bonchev–Trinajstić information content (AvgIpc) is 2.64. The predicted molar refractivity (Wildman–Crippen MR) is 105 cm³/mol. The lowest BCUT2D eigenvalue weighted by Gasteiger charge is -2.07. The zero-order valence-electron chi connectivity index (χ0n) is 15.3. The molecule has 5 heteroatoms. The molecule has 0 aliphatic heterocycles. The van der Waals surface area contributed by atoms with Gasteiger partial charge in [-0.05, 0) is 67.0 Å². The van der Waals surface area contributed by atoms with Crippen molar-refractivity contribution in [1.82, 2.24) is 10.3 Å². The number of aromatic nitrogens is 1. The number of carbonyl (C=O) groups is 1. The van der Waals surface area contributed by atoms with Gasteiger partial charge in [0.15, 0.2) is 0 Å². The first-order chi connectivity index (χ1) is 13.0. The number of aryl methyl sites for hydroxylation is 2. The summed E-state index contributed by atoms with van der Waals surface area (Å²) in [6, 6.07) is 14.2. The lowest BCUT2D eigenvalue weighted by Crippen LogP contribution is -2.27. The van der Waals surface area contributed by atoms with Gasteiger partial charge in [-0.2, -0.15) is 0 Å². The quantitative estimate of drug-likeness (QED) is 0.670. The van der Waals surface area contributed by atoms with Gasteiger partial charge in [0.25, 0.3) is 5.56 Å². The number of hydrogen-bond acceptors (Lipinski definition) is 2. The van der Waals surface area contributed by atoms with Crippen LogP contribution in [0.5, 0.6) is 0 Å². The Hall–Kier alpha value is -2.95. The molecular formula is C22H23FN2O2. The van der Waals surface area contributed by atoms with E-state index < -0.39 is 0 Å². The van der Waals surface area contributed by atoms with Crippen molar-refractivity contribution in [3.8, 4) is 0 Å². The maximum absolute atomic E-state index is 12.9. The summed E-state index contributed by atoms with van der Waals surface area (Å²) in [5.74, 6) is -0.291. The monoisotopic (exact) mass is 366 g/mol. The second kappa shape index (κ2) is 8.62. The summed E-state index contributed by atoms with van der Waals surface area (Å²) < 4.78 is 12.9. The second-order valence-electron chi connectivity index (χ2n) is 6.79. The minimum absolute atomic E-state index is 0.0371. The van der Waals surface area contributed by atoms with Crippen molar-refractivity contribution in [3.05, 3.63) is 81.4 Å². The number of H-pyrrole nitrogens is 1. The normalized spacial score (nSPS) is 10.9. The maximum atomic E-state index is 12.9. The van der Waals surface area contributed by atoms with E-state index in [2.05, 4.69) is 10.3 Å². The highest BCUT2D eigenvalue weighted by molar-refractivity contribution is 5.79. The zero-order valence-corrected chi connectivity index (χ0v) is 15.3. The fourth-order valence-corrected chi connectivity index (χ4v) is 3.07. The number of aromatic amines is 1. The number of fused-ring (bicyclic) bond motifs is 1. The molecule has 4 nitrogen and oxygen atoms in total. The van der Waals surface area contributed by atoms with Crippen LogP contribution in [0.2, 0.25) is 0 Å². The summed E-state index contributed by atoms with van der Waals surface area (Å²) in [4.78, 5) is 27.0. The van der Waals surface area contributed by atoms with Gasteiger partial charge in [0.2, 0.25) is 5.91 Å². The summed E-state index contributed by atoms with van der Waals surface area (Å²) in [5, 5.41) is 3.85. The van der Waals surface area contributed by atoms with Crippen molar-refractivity contribution < 1.29 is 9.18 Å². The van der Waals surface area contributed by atoms with Crippen LogP contribution in [-0.2, 0) is 17.6 Å². The van der Waals surface area contributed by atoms with Gasteiger partial charge in [0, 0.05) is 24.0 Å². The highest BCUT2D eigenvalue weighted by atomic mass is 19.1. The molecule has 140 valence electrons. The van der Waals surface area contributed by atoms with Crippen molar-refractivity contribution in [2.75, 3.05) is 6.54 Å². The van der Waals surface area contributed by atoms with Crippen LogP contribution in [0, 0.1) is 12.7 Å². The summed E-state index contributed by atoms with van der Waals surface area (Å²) >= 11 is 0. The van der Waals surface area contributed by atoms with Crippen LogP contribution in [-0.4, -0.2) is 17.4 Å². The third-order valence-electron chi connectivity index (χ3n) is 4.58. The number of carbonyl (C=O) groups excluding carboxylic acids is 1. The predicted octanol–water partition coefficient (Wildman–Crippen LogP) is 3.66. The summed E-state index contributed by atoms with van der Waals surface area (Å²) in [6.07, 6.45) is 2.33. The molecule has 0 radical (unpaired) electrons. The van der Waals surface area contributed by atoms with E-state index in [0.717, 1.165) is 28.5 Å². The van der Waals surface area contributed by atoms with E-state index in [-0.39, 0.29) is 17.3 Å². The topological polar surface area (TPSA) is 62.0 Å². The van der Waals surface area contributed by atoms with Gasteiger partial charge in [-0.15, -0.1) is 0 Å².